The van der Waals surface area contributed by atoms with E-state index in [0.29, 0.717) is 28.0 Å². The number of likely N-dealkylation sites (tertiary alicyclic amines) is 1. The van der Waals surface area contributed by atoms with Gasteiger partial charge in [0, 0.05) is 19.5 Å². The first-order valence-electron chi connectivity index (χ1n) is 4.39. The highest BCUT2D eigenvalue weighted by atomic mass is 31.1. The molecule has 1 aliphatic rings. The van der Waals surface area contributed by atoms with E-state index in [1.54, 1.807) is 0 Å². The van der Waals surface area contributed by atoms with Gasteiger partial charge in [0.05, 0.1) is 5.66 Å². The Bertz CT molecular complexity index is 257. The molecule has 0 bridgehead atoms. The molecule has 6 heteroatoms. The Labute approximate surface area is 84.0 Å². The second-order valence-electron chi connectivity index (χ2n) is 3.00. The number of imide groups is 1. The SMILES string of the molecule is CPC1CC(=O)N(CCNC=O)C1=O. The van der Waals surface area contributed by atoms with E-state index >= 15 is 0 Å². The molecule has 1 N–H and O–H groups in total. The summed E-state index contributed by atoms with van der Waals surface area (Å²) in [5.41, 5.74) is -0.126. The van der Waals surface area contributed by atoms with Crippen molar-refractivity contribution < 1.29 is 14.4 Å². The van der Waals surface area contributed by atoms with Gasteiger partial charge in [-0.25, -0.2) is 0 Å². The minimum Gasteiger partial charge on any atom is -0.357 e. The average Bonchev–Trinajstić information content (AvgIpc) is 2.45. The lowest BCUT2D eigenvalue weighted by Gasteiger charge is -2.13. The van der Waals surface area contributed by atoms with E-state index in [2.05, 4.69) is 5.32 Å². The summed E-state index contributed by atoms with van der Waals surface area (Å²) < 4.78 is 0. The number of rotatable bonds is 5. The van der Waals surface area contributed by atoms with E-state index in [1.807, 2.05) is 6.66 Å². The molecule has 0 aliphatic carbocycles. The monoisotopic (exact) mass is 216 g/mol. The molecule has 0 aromatic rings. The molecule has 2 atom stereocenters. The summed E-state index contributed by atoms with van der Waals surface area (Å²) in [6.45, 7) is 2.54. The van der Waals surface area contributed by atoms with Gasteiger partial charge in [-0.1, -0.05) is 0 Å². The molecular weight excluding hydrogens is 203 g/mol. The van der Waals surface area contributed by atoms with Gasteiger partial charge in [-0.05, 0) is 6.66 Å². The van der Waals surface area contributed by atoms with Gasteiger partial charge >= 0.3 is 0 Å². The van der Waals surface area contributed by atoms with Crippen molar-refractivity contribution in [2.75, 3.05) is 19.8 Å². The fourth-order valence-electron chi connectivity index (χ4n) is 1.38. The van der Waals surface area contributed by atoms with Crippen LogP contribution in [0.3, 0.4) is 0 Å². The highest BCUT2D eigenvalue weighted by Gasteiger charge is 2.36. The molecule has 0 aromatic carbocycles. The Kier molecular flexibility index (Phi) is 4.01. The van der Waals surface area contributed by atoms with Crippen LogP contribution in [0.15, 0.2) is 0 Å². The molecule has 2 unspecified atom stereocenters. The summed E-state index contributed by atoms with van der Waals surface area (Å²) in [7, 11) is 0.467. The van der Waals surface area contributed by atoms with E-state index in [0.717, 1.165) is 0 Å². The van der Waals surface area contributed by atoms with Crippen molar-refractivity contribution in [3.05, 3.63) is 0 Å². The van der Waals surface area contributed by atoms with Gasteiger partial charge in [0.2, 0.25) is 18.2 Å². The molecule has 1 rings (SSSR count). The zero-order valence-electron chi connectivity index (χ0n) is 7.95. The molecule has 1 fully saturated rings. The van der Waals surface area contributed by atoms with Gasteiger partial charge in [-0.3, -0.25) is 19.3 Å². The minimum atomic E-state index is -0.126. The van der Waals surface area contributed by atoms with Gasteiger partial charge in [-0.15, -0.1) is 8.58 Å². The van der Waals surface area contributed by atoms with Crippen LogP contribution in [0.4, 0.5) is 0 Å². The van der Waals surface area contributed by atoms with Crippen molar-refractivity contribution in [3.8, 4) is 0 Å². The number of carbonyl (C=O) groups excluding carboxylic acids is 3. The highest BCUT2D eigenvalue weighted by Crippen LogP contribution is 2.26. The fourth-order valence-corrected chi connectivity index (χ4v) is 2.16. The first-order chi connectivity index (χ1) is 6.70. The van der Waals surface area contributed by atoms with Gasteiger partial charge in [0.25, 0.3) is 0 Å². The largest absolute Gasteiger partial charge is 0.357 e. The van der Waals surface area contributed by atoms with Crippen LogP contribution in [0.5, 0.6) is 0 Å². The Hall–Kier alpha value is -0.960. The number of hydrogen-bond donors (Lipinski definition) is 1. The van der Waals surface area contributed by atoms with Crippen LogP contribution < -0.4 is 5.32 Å². The molecule has 3 amide bonds. The number of carbonyl (C=O) groups is 3. The van der Waals surface area contributed by atoms with Gasteiger partial charge in [0.15, 0.2) is 0 Å². The van der Waals surface area contributed by atoms with E-state index in [9.17, 15) is 14.4 Å². The van der Waals surface area contributed by atoms with Gasteiger partial charge in [-0.2, -0.15) is 0 Å². The molecule has 1 aliphatic heterocycles. The summed E-state index contributed by atoms with van der Waals surface area (Å²) in [5.74, 6) is -0.217. The van der Waals surface area contributed by atoms with Gasteiger partial charge < -0.3 is 5.32 Å². The molecule has 1 heterocycles. The zero-order chi connectivity index (χ0) is 10.6. The summed E-state index contributed by atoms with van der Waals surface area (Å²) >= 11 is 0. The molecule has 14 heavy (non-hydrogen) atoms. The number of nitrogens with zero attached hydrogens (tertiary/aromatic N) is 1. The van der Waals surface area contributed by atoms with Crippen LogP contribution in [0, 0.1) is 0 Å². The first kappa shape index (κ1) is 11.1. The predicted molar refractivity (Wildman–Crippen MR) is 53.4 cm³/mol. The number of amides is 3. The fraction of sp³-hybridized carbons (Fsp3) is 0.625. The topological polar surface area (TPSA) is 66.5 Å². The van der Waals surface area contributed by atoms with E-state index in [-0.39, 0.29) is 24.0 Å². The zero-order valence-corrected chi connectivity index (χ0v) is 8.95. The molecule has 0 aromatic heterocycles. The van der Waals surface area contributed by atoms with Crippen LogP contribution in [0.2, 0.25) is 0 Å². The maximum Gasteiger partial charge on any atom is 0.236 e. The summed E-state index contributed by atoms with van der Waals surface area (Å²) in [5, 5.41) is 2.42. The smallest absolute Gasteiger partial charge is 0.236 e. The first-order valence-corrected chi connectivity index (χ1v) is 5.97. The van der Waals surface area contributed by atoms with Crippen molar-refractivity contribution >= 4 is 26.8 Å². The third kappa shape index (κ3) is 2.29. The second-order valence-corrected chi connectivity index (χ2v) is 4.28. The summed E-state index contributed by atoms with van der Waals surface area (Å²) in [4.78, 5) is 34.1. The molecule has 78 valence electrons. The standard InChI is InChI=1S/C8H13N2O3P/c1-14-6-4-7(12)10(8(6)13)3-2-9-5-11/h5-6,14H,2-4H2,1H3,(H,9,11). The lowest BCUT2D eigenvalue weighted by molar-refractivity contribution is -0.138. The van der Waals surface area contributed by atoms with Crippen molar-refractivity contribution in [1.82, 2.24) is 10.2 Å². The molecule has 0 saturated carbocycles. The molecule has 0 spiro atoms. The third-order valence-corrected chi connectivity index (χ3v) is 3.30. The van der Waals surface area contributed by atoms with Crippen molar-refractivity contribution in [2.24, 2.45) is 0 Å². The average molecular weight is 216 g/mol. The molecule has 1 saturated heterocycles. The number of hydrogen-bond acceptors (Lipinski definition) is 3. The van der Waals surface area contributed by atoms with E-state index in [1.165, 1.54) is 4.90 Å². The quantitative estimate of drug-likeness (QED) is 0.282. The number of nitrogens with one attached hydrogen (secondary N) is 1. The Morgan fingerprint density at radius 2 is 2.36 bits per heavy atom. The normalized spacial score (nSPS) is 22.4. The summed E-state index contributed by atoms with van der Waals surface area (Å²) in [6, 6.07) is 0. The van der Waals surface area contributed by atoms with Crippen LogP contribution in [-0.2, 0) is 14.4 Å². The molecule has 0 radical (unpaired) electrons. The Balaban J connectivity index is 2.48. The molecular formula is C8H13N2O3P. The molecule has 5 nitrogen and oxygen atoms in total. The van der Waals surface area contributed by atoms with Crippen molar-refractivity contribution in [2.45, 2.75) is 12.1 Å². The second kappa shape index (κ2) is 5.05. The third-order valence-electron chi connectivity index (χ3n) is 2.16. The van der Waals surface area contributed by atoms with Gasteiger partial charge in [0.1, 0.15) is 0 Å². The lowest BCUT2D eigenvalue weighted by Crippen LogP contribution is -2.36. The van der Waals surface area contributed by atoms with Crippen molar-refractivity contribution in [1.29, 1.82) is 0 Å². The minimum absolute atomic E-state index is 0.0940. The Morgan fingerprint density at radius 3 is 2.86 bits per heavy atom. The van der Waals surface area contributed by atoms with Crippen LogP contribution in [0.1, 0.15) is 6.42 Å². The van der Waals surface area contributed by atoms with E-state index in [4.69, 9.17) is 0 Å². The van der Waals surface area contributed by atoms with Crippen LogP contribution >= 0.6 is 8.58 Å². The maximum absolute atomic E-state index is 11.5. The van der Waals surface area contributed by atoms with E-state index < -0.39 is 0 Å². The maximum atomic E-state index is 11.5. The summed E-state index contributed by atoms with van der Waals surface area (Å²) in [6.07, 6.45) is 0.888. The van der Waals surface area contributed by atoms with Crippen LogP contribution in [-0.4, -0.2) is 48.5 Å². The predicted octanol–water partition coefficient (Wildman–Crippen LogP) is -0.832. The van der Waals surface area contributed by atoms with Crippen LogP contribution in [0.25, 0.3) is 0 Å². The highest BCUT2D eigenvalue weighted by molar-refractivity contribution is 7.39. The lowest BCUT2D eigenvalue weighted by atomic mass is 10.4. The van der Waals surface area contributed by atoms with Crippen molar-refractivity contribution in [3.63, 3.8) is 0 Å². The Morgan fingerprint density at radius 1 is 1.64 bits per heavy atom.